The maximum atomic E-state index is 12.2. The SMILES string of the molecule is CC(C(=O)N1CCNCC1)N(C)C(=O)C1CC1. The molecule has 1 aliphatic carbocycles. The number of hydrogen-bond acceptors (Lipinski definition) is 3. The molecule has 0 aromatic rings. The van der Waals surface area contributed by atoms with E-state index >= 15 is 0 Å². The van der Waals surface area contributed by atoms with E-state index in [2.05, 4.69) is 5.32 Å². The van der Waals surface area contributed by atoms with Gasteiger partial charge in [-0.15, -0.1) is 0 Å². The van der Waals surface area contributed by atoms with Gasteiger partial charge in [-0.2, -0.15) is 0 Å². The van der Waals surface area contributed by atoms with Gasteiger partial charge in [0.15, 0.2) is 0 Å². The van der Waals surface area contributed by atoms with Crippen LogP contribution in [-0.4, -0.2) is 60.9 Å². The zero-order valence-electron chi connectivity index (χ0n) is 10.6. The van der Waals surface area contributed by atoms with Crippen molar-refractivity contribution in [1.29, 1.82) is 0 Å². The van der Waals surface area contributed by atoms with Gasteiger partial charge in [-0.25, -0.2) is 0 Å². The van der Waals surface area contributed by atoms with E-state index in [1.165, 1.54) is 0 Å². The van der Waals surface area contributed by atoms with E-state index in [1.807, 2.05) is 11.8 Å². The van der Waals surface area contributed by atoms with Crippen molar-refractivity contribution in [2.24, 2.45) is 5.92 Å². The number of nitrogens with zero attached hydrogens (tertiary/aromatic N) is 2. The van der Waals surface area contributed by atoms with Gasteiger partial charge in [-0.1, -0.05) is 0 Å². The lowest BCUT2D eigenvalue weighted by atomic mass is 10.2. The van der Waals surface area contributed by atoms with Crippen LogP contribution in [0.2, 0.25) is 0 Å². The average molecular weight is 239 g/mol. The van der Waals surface area contributed by atoms with Crippen molar-refractivity contribution in [2.75, 3.05) is 33.2 Å². The number of piperazine rings is 1. The lowest BCUT2D eigenvalue weighted by Crippen LogP contribution is -2.53. The number of rotatable bonds is 3. The van der Waals surface area contributed by atoms with Crippen molar-refractivity contribution in [3.63, 3.8) is 0 Å². The fourth-order valence-corrected chi connectivity index (χ4v) is 2.12. The van der Waals surface area contributed by atoms with Gasteiger partial charge in [0, 0.05) is 39.1 Å². The van der Waals surface area contributed by atoms with Gasteiger partial charge in [-0.05, 0) is 19.8 Å². The molecular formula is C12H21N3O2. The summed E-state index contributed by atoms with van der Waals surface area (Å²) in [5, 5.41) is 3.21. The van der Waals surface area contributed by atoms with Crippen LogP contribution in [0.25, 0.3) is 0 Å². The molecule has 17 heavy (non-hydrogen) atoms. The van der Waals surface area contributed by atoms with Crippen molar-refractivity contribution in [2.45, 2.75) is 25.8 Å². The molecule has 5 heteroatoms. The number of carbonyl (C=O) groups excluding carboxylic acids is 2. The topological polar surface area (TPSA) is 52.7 Å². The average Bonchev–Trinajstić information content (AvgIpc) is 3.20. The summed E-state index contributed by atoms with van der Waals surface area (Å²) in [5.41, 5.74) is 0. The summed E-state index contributed by atoms with van der Waals surface area (Å²) in [5.74, 6) is 0.377. The zero-order chi connectivity index (χ0) is 12.4. The Morgan fingerprint density at radius 1 is 1.29 bits per heavy atom. The largest absolute Gasteiger partial charge is 0.338 e. The number of hydrogen-bond donors (Lipinski definition) is 1. The molecule has 1 atom stereocenters. The molecule has 0 radical (unpaired) electrons. The van der Waals surface area contributed by atoms with Crippen LogP contribution in [0.15, 0.2) is 0 Å². The first-order valence-corrected chi connectivity index (χ1v) is 6.37. The fourth-order valence-electron chi connectivity index (χ4n) is 2.12. The highest BCUT2D eigenvalue weighted by Crippen LogP contribution is 2.31. The van der Waals surface area contributed by atoms with E-state index in [1.54, 1.807) is 11.9 Å². The molecule has 2 fully saturated rings. The molecule has 96 valence electrons. The minimum Gasteiger partial charge on any atom is -0.338 e. The molecule has 0 bridgehead atoms. The molecule has 1 saturated carbocycles. The summed E-state index contributed by atoms with van der Waals surface area (Å²) in [4.78, 5) is 27.5. The lowest BCUT2D eigenvalue weighted by Gasteiger charge is -2.33. The first kappa shape index (κ1) is 12.4. The van der Waals surface area contributed by atoms with Gasteiger partial charge >= 0.3 is 0 Å². The highest BCUT2D eigenvalue weighted by molar-refractivity contribution is 5.89. The van der Waals surface area contributed by atoms with E-state index in [9.17, 15) is 9.59 Å². The summed E-state index contributed by atoms with van der Waals surface area (Å²) >= 11 is 0. The molecule has 0 aromatic carbocycles. The smallest absolute Gasteiger partial charge is 0.245 e. The maximum Gasteiger partial charge on any atom is 0.245 e. The molecule has 0 aromatic heterocycles. The van der Waals surface area contributed by atoms with Crippen LogP contribution in [0.4, 0.5) is 0 Å². The van der Waals surface area contributed by atoms with E-state index in [0.717, 1.165) is 39.0 Å². The highest BCUT2D eigenvalue weighted by atomic mass is 16.2. The standard InChI is InChI=1S/C12H21N3O2/c1-9(14(2)12(17)10-3-4-10)11(16)15-7-5-13-6-8-15/h9-10,13H,3-8H2,1-2H3. The molecule has 5 nitrogen and oxygen atoms in total. The lowest BCUT2D eigenvalue weighted by molar-refractivity contribution is -0.144. The quantitative estimate of drug-likeness (QED) is 0.734. The van der Waals surface area contributed by atoms with E-state index in [-0.39, 0.29) is 23.8 Å². The molecule has 2 amide bonds. The molecule has 1 unspecified atom stereocenters. The highest BCUT2D eigenvalue weighted by Gasteiger charge is 2.36. The summed E-state index contributed by atoms with van der Waals surface area (Å²) in [6.45, 7) is 5.01. The van der Waals surface area contributed by atoms with Crippen molar-refractivity contribution in [3.8, 4) is 0 Å². The van der Waals surface area contributed by atoms with E-state index < -0.39 is 0 Å². The number of carbonyl (C=O) groups is 2. The van der Waals surface area contributed by atoms with Gasteiger partial charge in [0.25, 0.3) is 0 Å². The molecule has 2 aliphatic rings. The third-order valence-electron chi connectivity index (χ3n) is 3.64. The summed E-state index contributed by atoms with van der Waals surface area (Å²) in [7, 11) is 1.74. The number of likely N-dealkylation sites (N-methyl/N-ethyl adjacent to an activating group) is 1. The summed E-state index contributed by atoms with van der Waals surface area (Å²) in [6, 6.07) is -0.332. The Balaban J connectivity index is 1.90. The fraction of sp³-hybridized carbons (Fsp3) is 0.833. The number of nitrogens with one attached hydrogen (secondary N) is 1. The van der Waals surface area contributed by atoms with Crippen LogP contribution in [0.5, 0.6) is 0 Å². The van der Waals surface area contributed by atoms with Crippen LogP contribution >= 0.6 is 0 Å². The maximum absolute atomic E-state index is 12.2. The molecule has 1 N–H and O–H groups in total. The van der Waals surface area contributed by atoms with Gasteiger partial charge in [0.2, 0.25) is 11.8 Å². The van der Waals surface area contributed by atoms with E-state index in [0.29, 0.717) is 0 Å². The predicted octanol–water partition coefficient (Wildman–Crippen LogP) is -0.325. The molecule has 1 aliphatic heterocycles. The van der Waals surface area contributed by atoms with Crippen LogP contribution in [-0.2, 0) is 9.59 Å². The second kappa shape index (κ2) is 5.04. The van der Waals surface area contributed by atoms with Crippen LogP contribution in [0.1, 0.15) is 19.8 Å². The Kier molecular flexibility index (Phi) is 3.66. The van der Waals surface area contributed by atoms with Crippen molar-refractivity contribution < 1.29 is 9.59 Å². The Labute approximate surface area is 102 Å². The monoisotopic (exact) mass is 239 g/mol. The van der Waals surface area contributed by atoms with Gasteiger partial charge in [0.1, 0.15) is 6.04 Å². The minimum atomic E-state index is -0.332. The van der Waals surface area contributed by atoms with Crippen molar-refractivity contribution in [3.05, 3.63) is 0 Å². The molecule has 0 spiro atoms. The van der Waals surface area contributed by atoms with E-state index in [4.69, 9.17) is 0 Å². The van der Waals surface area contributed by atoms with Gasteiger partial charge < -0.3 is 15.1 Å². The minimum absolute atomic E-state index is 0.0722. The second-order valence-corrected chi connectivity index (χ2v) is 4.97. The Morgan fingerprint density at radius 2 is 1.88 bits per heavy atom. The Morgan fingerprint density at radius 3 is 2.41 bits per heavy atom. The third-order valence-corrected chi connectivity index (χ3v) is 3.64. The first-order chi connectivity index (χ1) is 8.11. The van der Waals surface area contributed by atoms with Crippen molar-refractivity contribution in [1.82, 2.24) is 15.1 Å². The van der Waals surface area contributed by atoms with Crippen molar-refractivity contribution >= 4 is 11.8 Å². The zero-order valence-corrected chi connectivity index (χ0v) is 10.6. The summed E-state index contributed by atoms with van der Waals surface area (Å²) < 4.78 is 0. The molecular weight excluding hydrogens is 218 g/mol. The first-order valence-electron chi connectivity index (χ1n) is 6.37. The van der Waals surface area contributed by atoms with Gasteiger partial charge in [-0.3, -0.25) is 9.59 Å². The normalized spacial score (nSPS) is 22.1. The van der Waals surface area contributed by atoms with Gasteiger partial charge in [0.05, 0.1) is 0 Å². The van der Waals surface area contributed by atoms with Crippen LogP contribution in [0, 0.1) is 5.92 Å². The predicted molar refractivity (Wildman–Crippen MR) is 64.4 cm³/mol. The molecule has 1 saturated heterocycles. The van der Waals surface area contributed by atoms with Crippen LogP contribution in [0.3, 0.4) is 0 Å². The number of amides is 2. The second-order valence-electron chi connectivity index (χ2n) is 4.97. The Bertz CT molecular complexity index is 309. The third kappa shape index (κ3) is 2.77. The summed E-state index contributed by atoms with van der Waals surface area (Å²) in [6.07, 6.45) is 1.97. The Hall–Kier alpha value is -1.10. The molecule has 2 rings (SSSR count). The van der Waals surface area contributed by atoms with Crippen LogP contribution < -0.4 is 5.32 Å². The molecule has 1 heterocycles.